The summed E-state index contributed by atoms with van der Waals surface area (Å²) in [6.45, 7) is 5.67. The number of benzene rings is 1. The van der Waals surface area contributed by atoms with Gasteiger partial charge in [-0.1, -0.05) is 23.2 Å². The molecule has 21 heavy (non-hydrogen) atoms. The van der Waals surface area contributed by atoms with Gasteiger partial charge in [0.2, 0.25) is 0 Å². The maximum absolute atomic E-state index is 6.03. The molecule has 1 aromatic rings. The zero-order chi connectivity index (χ0) is 14.7. The van der Waals surface area contributed by atoms with Crippen LogP contribution in [0.2, 0.25) is 10.0 Å². The van der Waals surface area contributed by atoms with Crippen molar-refractivity contribution >= 4 is 23.2 Å². The van der Waals surface area contributed by atoms with Gasteiger partial charge in [-0.3, -0.25) is 4.90 Å². The van der Waals surface area contributed by atoms with E-state index in [0.717, 1.165) is 37.7 Å². The second kappa shape index (κ2) is 7.19. The number of halogens is 2. The van der Waals surface area contributed by atoms with Gasteiger partial charge in [-0.2, -0.15) is 0 Å². The molecule has 116 valence electrons. The van der Waals surface area contributed by atoms with Crippen LogP contribution in [0.5, 0.6) is 5.75 Å². The molecule has 5 heteroatoms. The summed E-state index contributed by atoms with van der Waals surface area (Å²) in [6, 6.07) is 5.49. The summed E-state index contributed by atoms with van der Waals surface area (Å²) in [6.07, 6.45) is 4.00. The molecule has 0 saturated carbocycles. The van der Waals surface area contributed by atoms with Crippen molar-refractivity contribution in [3.8, 4) is 5.75 Å². The normalized spacial score (nSPS) is 27.0. The van der Waals surface area contributed by atoms with Crippen LogP contribution in [0.25, 0.3) is 0 Å². The monoisotopic (exact) mass is 328 g/mol. The van der Waals surface area contributed by atoms with Crippen molar-refractivity contribution in [3.63, 3.8) is 0 Å². The van der Waals surface area contributed by atoms with Crippen LogP contribution in [0.4, 0.5) is 0 Å². The first-order chi connectivity index (χ1) is 10.2. The van der Waals surface area contributed by atoms with E-state index in [-0.39, 0.29) is 6.10 Å². The fourth-order valence-electron chi connectivity index (χ4n) is 3.25. The third-order valence-corrected chi connectivity index (χ3v) is 5.08. The molecule has 2 aliphatic rings. The Hall–Kier alpha value is -0.480. The van der Waals surface area contributed by atoms with Crippen LogP contribution in [0, 0.1) is 5.92 Å². The molecule has 3 nitrogen and oxygen atoms in total. The second-order valence-electron chi connectivity index (χ2n) is 6.08. The Bertz CT molecular complexity index is 477. The average molecular weight is 329 g/mol. The van der Waals surface area contributed by atoms with E-state index < -0.39 is 0 Å². The van der Waals surface area contributed by atoms with Gasteiger partial charge < -0.3 is 10.1 Å². The molecule has 2 unspecified atom stereocenters. The SMILES string of the molecule is Clc1ccc(OC2CCN(CC3CCCNC3)C2)cc1Cl. The van der Waals surface area contributed by atoms with Crippen LogP contribution in [0.1, 0.15) is 19.3 Å². The number of rotatable bonds is 4. The fourth-order valence-corrected chi connectivity index (χ4v) is 3.53. The van der Waals surface area contributed by atoms with Crippen molar-refractivity contribution in [2.24, 2.45) is 5.92 Å². The molecule has 0 amide bonds. The molecule has 1 N–H and O–H groups in total. The van der Waals surface area contributed by atoms with E-state index in [1.165, 1.54) is 25.9 Å². The molecule has 2 heterocycles. The van der Waals surface area contributed by atoms with Gasteiger partial charge in [-0.25, -0.2) is 0 Å². The van der Waals surface area contributed by atoms with E-state index in [1.807, 2.05) is 6.07 Å². The van der Waals surface area contributed by atoms with Crippen LogP contribution in [0.15, 0.2) is 18.2 Å². The molecule has 2 atom stereocenters. The summed E-state index contributed by atoms with van der Waals surface area (Å²) in [7, 11) is 0. The Kier molecular flexibility index (Phi) is 5.28. The standard InChI is InChI=1S/C16H22Cl2N2O/c17-15-4-3-13(8-16(15)18)21-14-5-7-20(11-14)10-12-2-1-6-19-9-12/h3-4,8,12,14,19H,1-2,5-7,9-11H2. The molecule has 3 rings (SSSR count). The van der Waals surface area contributed by atoms with E-state index in [0.29, 0.717) is 10.0 Å². The number of ether oxygens (including phenoxy) is 1. The summed E-state index contributed by atoms with van der Waals surface area (Å²) in [4.78, 5) is 2.53. The first-order valence-corrected chi connectivity index (χ1v) is 8.51. The zero-order valence-electron chi connectivity index (χ0n) is 12.2. The lowest BCUT2D eigenvalue weighted by Gasteiger charge is -2.27. The third kappa shape index (κ3) is 4.26. The van der Waals surface area contributed by atoms with E-state index in [9.17, 15) is 0 Å². The molecular formula is C16H22Cl2N2O. The van der Waals surface area contributed by atoms with Crippen molar-refractivity contribution in [2.45, 2.75) is 25.4 Å². The van der Waals surface area contributed by atoms with E-state index in [1.54, 1.807) is 12.1 Å². The second-order valence-corrected chi connectivity index (χ2v) is 6.89. The number of likely N-dealkylation sites (tertiary alicyclic amines) is 1. The Balaban J connectivity index is 1.48. The number of piperidine rings is 1. The molecule has 0 radical (unpaired) electrons. The summed E-state index contributed by atoms with van der Waals surface area (Å²) < 4.78 is 6.03. The van der Waals surface area contributed by atoms with Crippen molar-refractivity contribution in [1.82, 2.24) is 10.2 Å². The lowest BCUT2D eigenvalue weighted by atomic mass is 9.99. The largest absolute Gasteiger partial charge is 0.489 e. The van der Waals surface area contributed by atoms with Crippen molar-refractivity contribution in [3.05, 3.63) is 28.2 Å². The van der Waals surface area contributed by atoms with Gasteiger partial charge in [-0.15, -0.1) is 0 Å². The lowest BCUT2D eigenvalue weighted by molar-refractivity contribution is 0.185. The van der Waals surface area contributed by atoms with Gasteiger partial charge in [0.15, 0.2) is 0 Å². The van der Waals surface area contributed by atoms with E-state index in [4.69, 9.17) is 27.9 Å². The summed E-state index contributed by atoms with van der Waals surface area (Å²) in [5, 5.41) is 4.61. The summed E-state index contributed by atoms with van der Waals surface area (Å²) in [5.41, 5.74) is 0. The average Bonchev–Trinajstić information content (AvgIpc) is 2.91. The molecule has 2 aliphatic heterocycles. The highest BCUT2D eigenvalue weighted by molar-refractivity contribution is 6.42. The molecule has 0 aliphatic carbocycles. The zero-order valence-corrected chi connectivity index (χ0v) is 13.7. The van der Waals surface area contributed by atoms with Gasteiger partial charge in [0, 0.05) is 25.7 Å². The predicted octanol–water partition coefficient (Wildman–Crippen LogP) is 3.45. The highest BCUT2D eigenvalue weighted by Crippen LogP contribution is 2.28. The highest BCUT2D eigenvalue weighted by atomic mass is 35.5. The van der Waals surface area contributed by atoms with E-state index >= 15 is 0 Å². The Morgan fingerprint density at radius 1 is 1.24 bits per heavy atom. The minimum absolute atomic E-state index is 0.263. The maximum Gasteiger partial charge on any atom is 0.121 e. The number of nitrogens with zero attached hydrogens (tertiary/aromatic N) is 1. The van der Waals surface area contributed by atoms with Crippen molar-refractivity contribution in [2.75, 3.05) is 32.7 Å². The van der Waals surface area contributed by atoms with Gasteiger partial charge in [0.1, 0.15) is 11.9 Å². The van der Waals surface area contributed by atoms with E-state index in [2.05, 4.69) is 10.2 Å². The molecular weight excluding hydrogens is 307 g/mol. The maximum atomic E-state index is 6.03. The van der Waals surface area contributed by atoms with Crippen LogP contribution in [-0.2, 0) is 0 Å². The number of hydrogen-bond acceptors (Lipinski definition) is 3. The predicted molar refractivity (Wildman–Crippen MR) is 87.5 cm³/mol. The highest BCUT2D eigenvalue weighted by Gasteiger charge is 2.26. The van der Waals surface area contributed by atoms with Crippen LogP contribution in [-0.4, -0.2) is 43.7 Å². The third-order valence-electron chi connectivity index (χ3n) is 4.34. The van der Waals surface area contributed by atoms with Gasteiger partial charge in [0.25, 0.3) is 0 Å². The van der Waals surface area contributed by atoms with Gasteiger partial charge >= 0.3 is 0 Å². The summed E-state index contributed by atoms with van der Waals surface area (Å²) in [5.74, 6) is 1.61. The van der Waals surface area contributed by atoms with Crippen LogP contribution < -0.4 is 10.1 Å². The quantitative estimate of drug-likeness (QED) is 0.916. The molecule has 2 fully saturated rings. The molecule has 0 bridgehead atoms. The molecule has 0 spiro atoms. The van der Waals surface area contributed by atoms with Crippen LogP contribution in [0.3, 0.4) is 0 Å². The number of nitrogens with one attached hydrogen (secondary N) is 1. The molecule has 2 saturated heterocycles. The first-order valence-electron chi connectivity index (χ1n) is 7.75. The lowest BCUT2D eigenvalue weighted by Crippen LogP contribution is -2.38. The molecule has 1 aromatic carbocycles. The Labute approximate surface area is 136 Å². The Morgan fingerprint density at radius 2 is 2.14 bits per heavy atom. The van der Waals surface area contributed by atoms with Gasteiger partial charge in [0.05, 0.1) is 10.0 Å². The minimum atomic E-state index is 0.263. The summed E-state index contributed by atoms with van der Waals surface area (Å²) >= 11 is 12.0. The first kappa shape index (κ1) is 15.4. The van der Waals surface area contributed by atoms with Gasteiger partial charge in [-0.05, 0) is 50.4 Å². The topological polar surface area (TPSA) is 24.5 Å². The minimum Gasteiger partial charge on any atom is -0.489 e. The van der Waals surface area contributed by atoms with Crippen LogP contribution >= 0.6 is 23.2 Å². The molecule has 0 aromatic heterocycles. The van der Waals surface area contributed by atoms with Crippen molar-refractivity contribution in [1.29, 1.82) is 0 Å². The Morgan fingerprint density at radius 3 is 2.90 bits per heavy atom. The smallest absolute Gasteiger partial charge is 0.121 e. The fraction of sp³-hybridized carbons (Fsp3) is 0.625. The van der Waals surface area contributed by atoms with Crippen molar-refractivity contribution < 1.29 is 4.74 Å². The number of hydrogen-bond donors (Lipinski definition) is 1.